The van der Waals surface area contributed by atoms with Crippen LogP contribution in [0.25, 0.3) is 0 Å². The average molecular weight is 433 g/mol. The molecule has 1 aromatic carbocycles. The molecule has 3 heterocycles. The summed E-state index contributed by atoms with van der Waals surface area (Å²) in [6.45, 7) is 1.07. The van der Waals surface area contributed by atoms with Crippen molar-refractivity contribution >= 4 is 17.8 Å². The van der Waals surface area contributed by atoms with Crippen molar-refractivity contribution in [2.24, 2.45) is 4.99 Å². The summed E-state index contributed by atoms with van der Waals surface area (Å²) in [7, 11) is 1.58. The molecule has 1 saturated heterocycles. The zero-order valence-electron chi connectivity index (χ0n) is 17.7. The minimum Gasteiger partial charge on any atom is -0.497 e. The molecule has 0 bridgehead atoms. The van der Waals surface area contributed by atoms with Gasteiger partial charge in [0.05, 0.1) is 19.4 Å². The van der Waals surface area contributed by atoms with Crippen molar-refractivity contribution in [3.05, 3.63) is 77.7 Å². The minimum absolute atomic E-state index is 0.0637. The van der Waals surface area contributed by atoms with Crippen LogP contribution in [0.2, 0.25) is 0 Å². The van der Waals surface area contributed by atoms with Gasteiger partial charge in [-0.15, -0.1) is 0 Å². The molecule has 8 nitrogen and oxygen atoms in total. The summed E-state index contributed by atoms with van der Waals surface area (Å²) >= 11 is 0. The largest absolute Gasteiger partial charge is 0.497 e. The summed E-state index contributed by atoms with van der Waals surface area (Å²) in [5.41, 5.74) is 1.91. The minimum atomic E-state index is -0.495. The first kappa shape index (κ1) is 20.1. The molecule has 0 radical (unpaired) electrons. The summed E-state index contributed by atoms with van der Waals surface area (Å²) in [6, 6.07) is 10.6. The van der Waals surface area contributed by atoms with Crippen molar-refractivity contribution in [2.45, 2.75) is 25.3 Å². The van der Waals surface area contributed by atoms with E-state index in [0.717, 1.165) is 25.0 Å². The summed E-state index contributed by atoms with van der Waals surface area (Å²) in [5, 5.41) is 0. The van der Waals surface area contributed by atoms with Crippen molar-refractivity contribution < 1.29 is 23.5 Å². The third kappa shape index (κ3) is 3.68. The van der Waals surface area contributed by atoms with E-state index in [-0.39, 0.29) is 23.5 Å². The molecule has 2 aliphatic heterocycles. The van der Waals surface area contributed by atoms with Gasteiger partial charge in [-0.3, -0.25) is 4.79 Å². The number of hydrogen-bond donors (Lipinski definition) is 0. The lowest BCUT2D eigenvalue weighted by molar-refractivity contribution is -0.130. The predicted octanol–water partition coefficient (Wildman–Crippen LogP) is 3.33. The molecule has 1 aromatic heterocycles. The molecule has 2 aromatic rings. The number of piperazine rings is 1. The van der Waals surface area contributed by atoms with Crippen LogP contribution >= 0.6 is 0 Å². The van der Waals surface area contributed by atoms with Crippen LogP contribution < -0.4 is 4.74 Å². The molecule has 8 heteroatoms. The Bertz CT molecular complexity index is 1130. The highest BCUT2D eigenvalue weighted by Crippen LogP contribution is 2.32. The average Bonchev–Trinajstić information content (AvgIpc) is 3.49. The van der Waals surface area contributed by atoms with Crippen molar-refractivity contribution in [1.29, 1.82) is 0 Å². The molecule has 0 N–H and O–H groups in total. The van der Waals surface area contributed by atoms with E-state index in [9.17, 15) is 9.59 Å². The molecule has 1 atom stereocenters. The van der Waals surface area contributed by atoms with Gasteiger partial charge < -0.3 is 23.7 Å². The zero-order valence-corrected chi connectivity index (χ0v) is 17.7. The van der Waals surface area contributed by atoms with Crippen LogP contribution in [0.15, 0.2) is 75.7 Å². The van der Waals surface area contributed by atoms with Gasteiger partial charge in [0.2, 0.25) is 5.90 Å². The lowest BCUT2D eigenvalue weighted by Gasteiger charge is -2.44. The number of esters is 1. The third-order valence-corrected chi connectivity index (χ3v) is 5.87. The SMILES string of the molecule is COc1cccc(C2=NC(=CN3CCN(C(=O)c4ccco4)C4CCCC=C43)C(=O)O2)c1. The highest BCUT2D eigenvalue weighted by molar-refractivity contribution is 6.11. The van der Waals surface area contributed by atoms with Gasteiger partial charge in [0.1, 0.15) is 5.75 Å². The Morgan fingerprint density at radius 2 is 2.16 bits per heavy atom. The second kappa shape index (κ2) is 8.37. The van der Waals surface area contributed by atoms with Crippen LogP contribution in [-0.2, 0) is 9.53 Å². The van der Waals surface area contributed by atoms with E-state index < -0.39 is 5.97 Å². The van der Waals surface area contributed by atoms with Crippen molar-refractivity contribution in [3.8, 4) is 5.75 Å². The topological polar surface area (TPSA) is 84.6 Å². The Morgan fingerprint density at radius 3 is 2.97 bits per heavy atom. The number of allylic oxidation sites excluding steroid dienone is 1. The smallest absolute Gasteiger partial charge is 0.365 e. The molecule has 1 unspecified atom stereocenters. The van der Waals surface area contributed by atoms with Crippen LogP contribution in [0.4, 0.5) is 0 Å². The van der Waals surface area contributed by atoms with Crippen LogP contribution in [-0.4, -0.2) is 53.8 Å². The molecule has 164 valence electrons. The predicted molar refractivity (Wildman–Crippen MR) is 116 cm³/mol. The number of benzene rings is 1. The Kier molecular flexibility index (Phi) is 5.26. The molecule has 1 fully saturated rings. The van der Waals surface area contributed by atoms with Gasteiger partial charge in [-0.2, -0.15) is 0 Å². The standard InChI is InChI=1S/C24H23N3O5/c1-30-17-7-4-6-16(14-17)22-25-18(24(29)32-22)15-26-11-12-27(20-9-3-2-8-19(20)26)23(28)21-10-5-13-31-21/h4-8,10,13-15,20H,2-3,9,11-12H2,1H3. The van der Waals surface area contributed by atoms with Gasteiger partial charge >= 0.3 is 5.97 Å². The Balaban J connectivity index is 1.40. The Morgan fingerprint density at radius 1 is 1.25 bits per heavy atom. The highest BCUT2D eigenvalue weighted by atomic mass is 16.6. The first-order valence-electron chi connectivity index (χ1n) is 10.6. The van der Waals surface area contributed by atoms with Gasteiger partial charge in [0, 0.05) is 30.5 Å². The van der Waals surface area contributed by atoms with Gasteiger partial charge in [0.25, 0.3) is 5.91 Å². The van der Waals surface area contributed by atoms with Crippen LogP contribution in [0, 0.1) is 0 Å². The summed E-state index contributed by atoms with van der Waals surface area (Å²) in [5.74, 6) is 0.643. The van der Waals surface area contributed by atoms with Crippen molar-refractivity contribution in [2.75, 3.05) is 20.2 Å². The highest BCUT2D eigenvalue weighted by Gasteiger charge is 2.37. The van der Waals surface area contributed by atoms with E-state index in [1.54, 1.807) is 31.5 Å². The number of amides is 1. The molecule has 0 spiro atoms. The number of aliphatic imine (C=N–C) groups is 1. The molecule has 32 heavy (non-hydrogen) atoms. The summed E-state index contributed by atoms with van der Waals surface area (Å²) < 4.78 is 16.0. The number of carbonyl (C=O) groups is 2. The number of nitrogens with zero attached hydrogens (tertiary/aromatic N) is 3. The summed E-state index contributed by atoms with van der Waals surface area (Å²) in [4.78, 5) is 33.8. The first-order chi connectivity index (χ1) is 15.6. The third-order valence-electron chi connectivity index (χ3n) is 5.87. The fourth-order valence-electron chi connectivity index (χ4n) is 4.32. The van der Waals surface area contributed by atoms with E-state index >= 15 is 0 Å². The van der Waals surface area contributed by atoms with E-state index in [0.29, 0.717) is 30.2 Å². The number of hydrogen-bond acceptors (Lipinski definition) is 7. The molecule has 5 rings (SSSR count). The zero-order chi connectivity index (χ0) is 22.1. The van der Waals surface area contributed by atoms with Gasteiger partial charge in [-0.05, 0) is 49.6 Å². The maximum Gasteiger partial charge on any atom is 0.365 e. The van der Waals surface area contributed by atoms with Crippen molar-refractivity contribution in [3.63, 3.8) is 0 Å². The van der Waals surface area contributed by atoms with E-state index in [1.165, 1.54) is 6.26 Å². The number of ether oxygens (including phenoxy) is 2. The van der Waals surface area contributed by atoms with Crippen LogP contribution in [0.3, 0.4) is 0 Å². The van der Waals surface area contributed by atoms with Gasteiger partial charge in [0.15, 0.2) is 11.5 Å². The van der Waals surface area contributed by atoms with E-state index in [4.69, 9.17) is 13.9 Å². The fourth-order valence-corrected chi connectivity index (χ4v) is 4.32. The van der Waals surface area contributed by atoms with E-state index in [2.05, 4.69) is 11.1 Å². The second-order valence-electron chi connectivity index (χ2n) is 7.80. The Labute approximate surface area is 185 Å². The van der Waals surface area contributed by atoms with Crippen LogP contribution in [0.5, 0.6) is 5.75 Å². The van der Waals surface area contributed by atoms with Gasteiger partial charge in [-0.1, -0.05) is 12.1 Å². The molecule has 1 aliphatic carbocycles. The lowest BCUT2D eigenvalue weighted by atomic mass is 9.94. The molecule has 1 amide bonds. The number of methoxy groups -OCH3 is 1. The number of fused-ring (bicyclic) bond motifs is 1. The van der Waals surface area contributed by atoms with Crippen molar-refractivity contribution in [1.82, 2.24) is 9.80 Å². The second-order valence-corrected chi connectivity index (χ2v) is 7.80. The van der Waals surface area contributed by atoms with Crippen LogP contribution in [0.1, 0.15) is 35.4 Å². The summed E-state index contributed by atoms with van der Waals surface area (Å²) in [6.07, 6.45) is 8.17. The molecular weight excluding hydrogens is 410 g/mol. The molecule has 0 saturated carbocycles. The number of rotatable bonds is 4. The maximum absolute atomic E-state index is 12.9. The van der Waals surface area contributed by atoms with E-state index in [1.807, 2.05) is 28.0 Å². The number of cyclic esters (lactones) is 1. The Hall–Kier alpha value is -3.81. The normalized spacial score (nSPS) is 21.7. The lowest BCUT2D eigenvalue weighted by Crippen LogP contribution is -2.53. The maximum atomic E-state index is 12.9. The fraction of sp³-hybridized carbons (Fsp3) is 0.292. The number of furan rings is 1. The number of carbonyl (C=O) groups excluding carboxylic acids is 2. The monoisotopic (exact) mass is 433 g/mol. The molecular formula is C24H23N3O5. The first-order valence-corrected chi connectivity index (χ1v) is 10.6. The quantitative estimate of drug-likeness (QED) is 0.543. The molecule has 3 aliphatic rings. The van der Waals surface area contributed by atoms with Gasteiger partial charge in [-0.25, -0.2) is 9.79 Å².